The average Bonchev–Trinajstić information content (AvgIpc) is 3.05. The lowest BCUT2D eigenvalue weighted by Crippen LogP contribution is -2.51. The molecule has 1 amide bonds. The van der Waals surface area contributed by atoms with Crippen molar-refractivity contribution in [2.45, 2.75) is 49.8 Å². The standard InChI is InChI=1S/C16H20F2N2O4S/c1-16(2,3)24-15(21)19-8-12-7-11(19)9-20(12)25(22,23)14-5-4-10(17)6-13(14)18/h4-6,11-12H,7-9H2,1-3H3. The molecule has 0 N–H and O–H groups in total. The van der Waals surface area contributed by atoms with E-state index in [0.29, 0.717) is 12.5 Å². The Hall–Kier alpha value is -1.74. The quantitative estimate of drug-likeness (QED) is 0.797. The largest absolute Gasteiger partial charge is 0.444 e. The number of fused-ring (bicyclic) bond motifs is 2. The molecule has 0 radical (unpaired) electrons. The number of hydrogen-bond acceptors (Lipinski definition) is 4. The molecule has 2 bridgehead atoms. The molecular formula is C16H20F2N2O4S. The molecule has 2 heterocycles. The summed E-state index contributed by atoms with van der Waals surface area (Å²) in [5, 5.41) is 0. The van der Waals surface area contributed by atoms with Crippen LogP contribution in [0.3, 0.4) is 0 Å². The molecule has 3 rings (SSSR count). The fraction of sp³-hybridized carbons (Fsp3) is 0.562. The Kier molecular flexibility index (Phi) is 4.27. The normalized spacial score (nSPS) is 24.0. The van der Waals surface area contributed by atoms with Crippen molar-refractivity contribution in [1.29, 1.82) is 0 Å². The maximum atomic E-state index is 13.9. The molecule has 6 nitrogen and oxygen atoms in total. The van der Waals surface area contributed by atoms with Crippen LogP contribution in [-0.4, -0.2) is 54.5 Å². The summed E-state index contributed by atoms with van der Waals surface area (Å²) in [6.45, 7) is 5.54. The van der Waals surface area contributed by atoms with Crippen molar-refractivity contribution in [3.05, 3.63) is 29.8 Å². The summed E-state index contributed by atoms with van der Waals surface area (Å²) in [6, 6.07) is 1.65. The van der Waals surface area contributed by atoms with E-state index in [0.717, 1.165) is 12.1 Å². The van der Waals surface area contributed by atoms with E-state index in [4.69, 9.17) is 4.74 Å². The molecule has 2 aliphatic rings. The van der Waals surface area contributed by atoms with Gasteiger partial charge in [-0.1, -0.05) is 0 Å². The lowest BCUT2D eigenvalue weighted by Gasteiger charge is -2.34. The average molecular weight is 374 g/mol. The van der Waals surface area contributed by atoms with Gasteiger partial charge in [0.25, 0.3) is 0 Å². The first-order valence-electron chi connectivity index (χ1n) is 7.95. The van der Waals surface area contributed by atoms with Crippen molar-refractivity contribution in [1.82, 2.24) is 9.21 Å². The summed E-state index contributed by atoms with van der Waals surface area (Å²) in [5.74, 6) is -1.96. The molecule has 0 saturated carbocycles. The molecule has 0 aromatic heterocycles. The minimum absolute atomic E-state index is 0.0725. The van der Waals surface area contributed by atoms with Gasteiger partial charge in [0.2, 0.25) is 10.0 Å². The minimum Gasteiger partial charge on any atom is -0.444 e. The van der Waals surface area contributed by atoms with Gasteiger partial charge < -0.3 is 9.64 Å². The molecule has 1 aromatic carbocycles. The van der Waals surface area contributed by atoms with Crippen LogP contribution in [0.5, 0.6) is 0 Å². The summed E-state index contributed by atoms with van der Waals surface area (Å²) in [6.07, 6.45) is -0.00797. The smallest absolute Gasteiger partial charge is 0.410 e. The van der Waals surface area contributed by atoms with Crippen LogP contribution in [0.1, 0.15) is 27.2 Å². The van der Waals surface area contributed by atoms with Gasteiger partial charge in [-0.15, -0.1) is 0 Å². The van der Waals surface area contributed by atoms with E-state index >= 15 is 0 Å². The van der Waals surface area contributed by atoms with Crippen LogP contribution in [0.2, 0.25) is 0 Å². The summed E-state index contributed by atoms with van der Waals surface area (Å²) in [4.78, 5) is 13.2. The summed E-state index contributed by atoms with van der Waals surface area (Å²) in [5.41, 5.74) is -0.637. The first-order chi connectivity index (χ1) is 11.5. The number of likely N-dealkylation sites (tertiary alicyclic amines) is 1. The van der Waals surface area contributed by atoms with Crippen LogP contribution in [0.4, 0.5) is 13.6 Å². The number of hydrogen-bond donors (Lipinski definition) is 0. The molecule has 138 valence electrons. The Labute approximate surface area is 145 Å². The van der Waals surface area contributed by atoms with Gasteiger partial charge in [-0.25, -0.2) is 22.0 Å². The second-order valence-corrected chi connectivity index (χ2v) is 9.18. The minimum atomic E-state index is -4.09. The Bertz CT molecular complexity index is 807. The van der Waals surface area contributed by atoms with Crippen molar-refractivity contribution >= 4 is 16.1 Å². The van der Waals surface area contributed by atoms with Crippen molar-refractivity contribution in [3.8, 4) is 0 Å². The van der Waals surface area contributed by atoms with E-state index in [1.54, 1.807) is 20.8 Å². The van der Waals surface area contributed by atoms with Gasteiger partial charge in [0.15, 0.2) is 0 Å². The van der Waals surface area contributed by atoms with Crippen LogP contribution in [-0.2, 0) is 14.8 Å². The second-order valence-electron chi connectivity index (χ2n) is 7.33. The molecular weight excluding hydrogens is 354 g/mol. The third-order valence-electron chi connectivity index (χ3n) is 4.30. The molecule has 9 heteroatoms. The van der Waals surface area contributed by atoms with Gasteiger partial charge >= 0.3 is 6.09 Å². The Morgan fingerprint density at radius 1 is 1.20 bits per heavy atom. The SMILES string of the molecule is CC(C)(C)OC(=O)N1CC2CC1CN2S(=O)(=O)c1ccc(F)cc1F. The van der Waals surface area contributed by atoms with Crippen molar-refractivity contribution < 1.29 is 26.7 Å². The number of rotatable bonds is 2. The number of benzene rings is 1. The van der Waals surface area contributed by atoms with E-state index in [1.165, 1.54) is 9.21 Å². The fourth-order valence-electron chi connectivity index (χ4n) is 3.28. The first kappa shape index (κ1) is 18.1. The Balaban J connectivity index is 1.77. The molecule has 1 aromatic rings. The molecule has 2 fully saturated rings. The highest BCUT2D eigenvalue weighted by Crippen LogP contribution is 2.36. The molecule has 2 atom stereocenters. The van der Waals surface area contributed by atoms with Gasteiger partial charge in [0.1, 0.15) is 22.1 Å². The van der Waals surface area contributed by atoms with Crippen LogP contribution in [0, 0.1) is 11.6 Å². The number of nitrogens with zero attached hydrogens (tertiary/aromatic N) is 2. The highest BCUT2D eigenvalue weighted by Gasteiger charge is 2.51. The van der Waals surface area contributed by atoms with E-state index in [1.807, 2.05) is 0 Å². The zero-order chi connectivity index (χ0) is 18.6. The second kappa shape index (κ2) is 5.91. The topological polar surface area (TPSA) is 66.9 Å². The summed E-state index contributed by atoms with van der Waals surface area (Å²) < 4.78 is 58.8. The molecule has 2 aliphatic heterocycles. The van der Waals surface area contributed by atoms with Crippen LogP contribution >= 0.6 is 0 Å². The van der Waals surface area contributed by atoms with E-state index in [9.17, 15) is 22.0 Å². The van der Waals surface area contributed by atoms with E-state index < -0.39 is 44.3 Å². The van der Waals surface area contributed by atoms with Crippen LogP contribution in [0.25, 0.3) is 0 Å². The monoisotopic (exact) mass is 374 g/mol. The van der Waals surface area contributed by atoms with Gasteiger partial charge in [-0.3, -0.25) is 0 Å². The zero-order valence-corrected chi connectivity index (χ0v) is 15.0. The maximum Gasteiger partial charge on any atom is 0.410 e. The van der Waals surface area contributed by atoms with Crippen molar-refractivity contribution in [2.24, 2.45) is 0 Å². The predicted molar refractivity (Wildman–Crippen MR) is 85.4 cm³/mol. The number of carbonyl (C=O) groups excluding carboxylic acids is 1. The fourth-order valence-corrected chi connectivity index (χ4v) is 4.99. The maximum absolute atomic E-state index is 13.9. The van der Waals surface area contributed by atoms with Gasteiger partial charge in [0, 0.05) is 25.2 Å². The molecule has 0 spiro atoms. The third-order valence-corrected chi connectivity index (χ3v) is 6.25. The third kappa shape index (κ3) is 3.35. The number of sulfonamides is 1. The van der Waals surface area contributed by atoms with E-state index in [2.05, 4.69) is 0 Å². The van der Waals surface area contributed by atoms with E-state index in [-0.39, 0.29) is 19.1 Å². The summed E-state index contributed by atoms with van der Waals surface area (Å²) in [7, 11) is -4.09. The van der Waals surface area contributed by atoms with Gasteiger partial charge in [0.05, 0.1) is 6.04 Å². The first-order valence-corrected chi connectivity index (χ1v) is 9.39. The molecule has 25 heavy (non-hydrogen) atoms. The zero-order valence-electron chi connectivity index (χ0n) is 14.2. The van der Waals surface area contributed by atoms with Crippen LogP contribution in [0.15, 0.2) is 23.1 Å². The molecule has 2 unspecified atom stereocenters. The number of halogens is 2. The van der Waals surface area contributed by atoms with Crippen molar-refractivity contribution in [3.63, 3.8) is 0 Å². The van der Waals surface area contributed by atoms with Crippen LogP contribution < -0.4 is 0 Å². The Morgan fingerprint density at radius 3 is 2.40 bits per heavy atom. The summed E-state index contributed by atoms with van der Waals surface area (Å²) >= 11 is 0. The number of carbonyl (C=O) groups is 1. The predicted octanol–water partition coefficient (Wildman–Crippen LogP) is 2.35. The highest BCUT2D eigenvalue weighted by molar-refractivity contribution is 7.89. The number of ether oxygens (including phenoxy) is 1. The molecule has 0 aliphatic carbocycles. The lowest BCUT2D eigenvalue weighted by atomic mass is 10.2. The lowest BCUT2D eigenvalue weighted by molar-refractivity contribution is 0.0172. The number of amides is 1. The van der Waals surface area contributed by atoms with Crippen molar-refractivity contribution in [2.75, 3.05) is 13.1 Å². The van der Waals surface area contributed by atoms with Gasteiger partial charge in [-0.2, -0.15) is 4.31 Å². The van der Waals surface area contributed by atoms with Gasteiger partial charge in [-0.05, 0) is 39.3 Å². The Morgan fingerprint density at radius 2 is 1.88 bits per heavy atom. The molecule has 2 saturated heterocycles. The highest BCUT2D eigenvalue weighted by atomic mass is 32.2. The number of piperazine rings is 1.